The van der Waals surface area contributed by atoms with E-state index >= 15 is 0 Å². The first kappa shape index (κ1) is 12.0. The smallest absolute Gasteiger partial charge is 0.352 e. The predicted molar refractivity (Wildman–Crippen MR) is 61.6 cm³/mol. The Morgan fingerprint density at radius 1 is 1.41 bits per heavy atom. The molecule has 0 amide bonds. The van der Waals surface area contributed by atoms with Gasteiger partial charge in [0.2, 0.25) is 11.9 Å². The van der Waals surface area contributed by atoms with Gasteiger partial charge in [0.1, 0.15) is 11.4 Å². The summed E-state index contributed by atoms with van der Waals surface area (Å²) in [4.78, 5) is 11.6. The van der Waals surface area contributed by atoms with E-state index in [2.05, 4.69) is 0 Å². The molecule has 0 bridgehead atoms. The lowest BCUT2D eigenvalue weighted by Crippen LogP contribution is -2.44. The Morgan fingerprint density at radius 3 is 2.41 bits per heavy atom. The van der Waals surface area contributed by atoms with Crippen LogP contribution in [-0.4, -0.2) is 15.6 Å². The Morgan fingerprint density at radius 2 is 2.00 bits per heavy atom. The monoisotopic (exact) mass is 238 g/mol. The number of aromatic nitrogens is 2. The van der Waals surface area contributed by atoms with Crippen LogP contribution in [0.5, 0.6) is 0 Å². The standard InChI is InChI=1S/C12H18N2O3/c1-9-10(2)14(17)8-13(9)12(11(15)16)6-4-3-5-7-12/h8H,3-7H2,1-2H3,(H,15,16). The van der Waals surface area contributed by atoms with Crippen molar-refractivity contribution in [1.29, 1.82) is 0 Å². The van der Waals surface area contributed by atoms with Crippen LogP contribution in [0.1, 0.15) is 43.5 Å². The molecule has 1 heterocycles. The summed E-state index contributed by atoms with van der Waals surface area (Å²) in [7, 11) is 0. The topological polar surface area (TPSA) is 69.2 Å². The fourth-order valence-corrected chi connectivity index (χ4v) is 2.74. The molecule has 5 heteroatoms. The summed E-state index contributed by atoms with van der Waals surface area (Å²) >= 11 is 0. The molecule has 2 rings (SSSR count). The molecule has 17 heavy (non-hydrogen) atoms. The van der Waals surface area contributed by atoms with Crippen molar-refractivity contribution in [3.05, 3.63) is 22.9 Å². The van der Waals surface area contributed by atoms with E-state index < -0.39 is 11.5 Å². The molecule has 1 fully saturated rings. The normalized spacial score (nSPS) is 19.2. The fourth-order valence-electron chi connectivity index (χ4n) is 2.74. The average molecular weight is 238 g/mol. The van der Waals surface area contributed by atoms with Crippen molar-refractivity contribution >= 4 is 5.97 Å². The number of aliphatic carboxylic acids is 1. The number of rotatable bonds is 2. The van der Waals surface area contributed by atoms with Crippen LogP contribution in [0.15, 0.2) is 6.33 Å². The van der Waals surface area contributed by atoms with Crippen LogP contribution in [0.4, 0.5) is 0 Å². The average Bonchev–Trinajstić information content (AvgIpc) is 2.58. The minimum atomic E-state index is -0.914. The van der Waals surface area contributed by atoms with Gasteiger partial charge in [-0.25, -0.2) is 14.1 Å². The Balaban J connectivity index is 2.52. The quantitative estimate of drug-likeness (QED) is 0.626. The number of imidazole rings is 1. The lowest BCUT2D eigenvalue weighted by Gasteiger charge is -2.30. The zero-order chi connectivity index (χ0) is 12.6. The predicted octanol–water partition coefficient (Wildman–Crippen LogP) is 1.48. The molecule has 94 valence electrons. The van der Waals surface area contributed by atoms with Crippen LogP contribution >= 0.6 is 0 Å². The fraction of sp³-hybridized carbons (Fsp3) is 0.667. The summed E-state index contributed by atoms with van der Waals surface area (Å²) in [5, 5.41) is 21.1. The van der Waals surface area contributed by atoms with Crippen molar-refractivity contribution in [2.45, 2.75) is 51.5 Å². The molecule has 0 aromatic carbocycles. The van der Waals surface area contributed by atoms with E-state index in [0.29, 0.717) is 18.5 Å². The van der Waals surface area contributed by atoms with Gasteiger partial charge >= 0.3 is 5.97 Å². The second-order valence-corrected chi connectivity index (χ2v) is 4.88. The van der Waals surface area contributed by atoms with Crippen molar-refractivity contribution in [3.63, 3.8) is 0 Å². The summed E-state index contributed by atoms with van der Waals surface area (Å²) in [6.07, 6.45) is 5.48. The second kappa shape index (κ2) is 4.05. The highest BCUT2D eigenvalue weighted by Crippen LogP contribution is 2.36. The van der Waals surface area contributed by atoms with Crippen molar-refractivity contribution in [1.82, 2.24) is 4.57 Å². The van der Waals surface area contributed by atoms with Gasteiger partial charge in [0.15, 0.2) is 0 Å². The van der Waals surface area contributed by atoms with E-state index in [9.17, 15) is 15.1 Å². The summed E-state index contributed by atoms with van der Waals surface area (Å²) in [6.45, 7) is 3.53. The zero-order valence-corrected chi connectivity index (χ0v) is 10.3. The highest BCUT2D eigenvalue weighted by molar-refractivity contribution is 5.77. The molecule has 0 atom stereocenters. The third kappa shape index (κ3) is 1.69. The Labute approximate surface area is 100 Å². The molecule has 1 aromatic rings. The molecule has 0 radical (unpaired) electrons. The number of hydrogen-bond acceptors (Lipinski definition) is 2. The molecule has 1 N–H and O–H groups in total. The number of carboxylic acid groups (broad SMARTS) is 1. The van der Waals surface area contributed by atoms with Crippen molar-refractivity contribution in [3.8, 4) is 0 Å². The van der Waals surface area contributed by atoms with Crippen LogP contribution in [-0.2, 0) is 10.3 Å². The number of hydrogen-bond donors (Lipinski definition) is 1. The first-order valence-corrected chi connectivity index (χ1v) is 6.00. The maximum absolute atomic E-state index is 11.6. The Kier molecular flexibility index (Phi) is 2.85. The molecule has 0 spiro atoms. The number of carbonyl (C=O) groups is 1. The zero-order valence-electron chi connectivity index (χ0n) is 10.3. The van der Waals surface area contributed by atoms with E-state index in [1.807, 2.05) is 6.92 Å². The second-order valence-electron chi connectivity index (χ2n) is 4.88. The van der Waals surface area contributed by atoms with Gasteiger partial charge in [-0.05, 0) is 12.8 Å². The maximum atomic E-state index is 11.6. The summed E-state index contributed by atoms with van der Waals surface area (Å²) in [6, 6.07) is 0. The minimum absolute atomic E-state index is 0.580. The summed E-state index contributed by atoms with van der Waals surface area (Å²) in [5.41, 5.74) is 0.420. The van der Waals surface area contributed by atoms with E-state index in [-0.39, 0.29) is 0 Å². The minimum Gasteiger partial charge on any atom is -0.711 e. The van der Waals surface area contributed by atoms with E-state index in [1.54, 1.807) is 11.5 Å². The molecule has 0 saturated heterocycles. The number of nitrogens with zero attached hydrogens (tertiary/aromatic N) is 2. The SMILES string of the molecule is Cc1c(C)[n+]([O-])cn1C1(C(=O)O)CCCCC1. The lowest BCUT2D eigenvalue weighted by molar-refractivity contribution is -0.612. The van der Waals surface area contributed by atoms with E-state index in [1.165, 1.54) is 6.33 Å². The Bertz CT molecular complexity index is 445. The number of carboxylic acids is 1. The van der Waals surface area contributed by atoms with Gasteiger partial charge in [-0.1, -0.05) is 6.42 Å². The van der Waals surface area contributed by atoms with Gasteiger partial charge in [-0.15, -0.1) is 0 Å². The highest BCUT2D eigenvalue weighted by Gasteiger charge is 2.47. The van der Waals surface area contributed by atoms with E-state index in [4.69, 9.17) is 0 Å². The van der Waals surface area contributed by atoms with Crippen LogP contribution < -0.4 is 4.73 Å². The molecule has 1 aliphatic rings. The van der Waals surface area contributed by atoms with Crippen molar-refractivity contribution < 1.29 is 14.6 Å². The van der Waals surface area contributed by atoms with Gasteiger partial charge in [0, 0.05) is 26.7 Å². The van der Waals surface area contributed by atoms with Gasteiger partial charge in [-0.2, -0.15) is 0 Å². The molecular weight excluding hydrogens is 220 g/mol. The van der Waals surface area contributed by atoms with Crippen LogP contribution in [0.3, 0.4) is 0 Å². The van der Waals surface area contributed by atoms with E-state index in [0.717, 1.165) is 29.7 Å². The molecule has 5 nitrogen and oxygen atoms in total. The van der Waals surface area contributed by atoms with Crippen LogP contribution in [0, 0.1) is 19.1 Å². The van der Waals surface area contributed by atoms with Crippen LogP contribution in [0.2, 0.25) is 0 Å². The molecule has 1 saturated carbocycles. The molecular formula is C12H18N2O3. The van der Waals surface area contributed by atoms with Gasteiger partial charge < -0.3 is 10.3 Å². The largest absolute Gasteiger partial charge is 0.711 e. The first-order valence-electron chi connectivity index (χ1n) is 6.00. The third-order valence-electron chi connectivity index (χ3n) is 3.98. The molecule has 1 aromatic heterocycles. The van der Waals surface area contributed by atoms with Crippen LogP contribution in [0.25, 0.3) is 0 Å². The molecule has 0 aliphatic heterocycles. The van der Waals surface area contributed by atoms with Crippen molar-refractivity contribution in [2.24, 2.45) is 0 Å². The maximum Gasteiger partial charge on any atom is 0.352 e. The lowest BCUT2D eigenvalue weighted by atomic mass is 9.81. The third-order valence-corrected chi connectivity index (χ3v) is 3.98. The Hall–Kier alpha value is -1.52. The highest BCUT2D eigenvalue weighted by atomic mass is 16.5. The molecule has 0 unspecified atom stereocenters. The van der Waals surface area contributed by atoms with Gasteiger partial charge in [0.05, 0.1) is 0 Å². The van der Waals surface area contributed by atoms with Gasteiger partial charge in [0.25, 0.3) is 0 Å². The van der Waals surface area contributed by atoms with Crippen molar-refractivity contribution in [2.75, 3.05) is 0 Å². The summed E-state index contributed by atoms with van der Waals surface area (Å²) in [5.74, 6) is -0.823. The van der Waals surface area contributed by atoms with Gasteiger partial charge in [-0.3, -0.25) is 0 Å². The summed E-state index contributed by atoms with van der Waals surface area (Å²) < 4.78 is 2.42. The first-order chi connectivity index (χ1) is 7.99. The molecule has 1 aliphatic carbocycles.